The smallest absolute Gasteiger partial charge is 0.140 e. The lowest BCUT2D eigenvalue weighted by Crippen LogP contribution is -2.50. The van der Waals surface area contributed by atoms with Crippen molar-refractivity contribution in [3.63, 3.8) is 0 Å². The maximum atomic E-state index is 12.7. The van der Waals surface area contributed by atoms with Crippen LogP contribution < -0.4 is 0 Å². The summed E-state index contributed by atoms with van der Waals surface area (Å²) >= 11 is 0. The second kappa shape index (κ2) is 4.29. The van der Waals surface area contributed by atoms with E-state index in [9.17, 15) is 9.59 Å². The van der Waals surface area contributed by atoms with Crippen molar-refractivity contribution in [2.45, 2.75) is 58.3 Å². The van der Waals surface area contributed by atoms with Gasteiger partial charge in [-0.1, -0.05) is 25.0 Å². The minimum Gasteiger partial charge on any atom is -0.299 e. The Kier molecular flexibility index (Phi) is 2.74. The van der Waals surface area contributed by atoms with Gasteiger partial charge in [0.05, 0.1) is 0 Å². The minimum atomic E-state index is 0.108. The van der Waals surface area contributed by atoms with Crippen LogP contribution in [0.2, 0.25) is 0 Å². The molecular weight excluding hydrogens is 248 g/mol. The van der Waals surface area contributed by atoms with E-state index in [0.717, 1.165) is 12.8 Å². The molecule has 0 N–H and O–H groups in total. The number of rotatable bonds is 0. The van der Waals surface area contributed by atoms with E-state index < -0.39 is 0 Å². The summed E-state index contributed by atoms with van der Waals surface area (Å²) < 4.78 is 0. The number of carbonyl (C=O) groups is 2. The lowest BCUT2D eigenvalue weighted by molar-refractivity contribution is -0.139. The van der Waals surface area contributed by atoms with Gasteiger partial charge in [-0.15, -0.1) is 0 Å². The van der Waals surface area contributed by atoms with Crippen LogP contribution in [0.15, 0.2) is 11.6 Å². The van der Waals surface area contributed by atoms with E-state index in [-0.39, 0.29) is 11.8 Å². The summed E-state index contributed by atoms with van der Waals surface area (Å²) in [4.78, 5) is 25.1. The van der Waals surface area contributed by atoms with Gasteiger partial charge in [0.1, 0.15) is 11.6 Å². The van der Waals surface area contributed by atoms with Crippen molar-refractivity contribution in [2.75, 3.05) is 0 Å². The van der Waals surface area contributed by atoms with Crippen molar-refractivity contribution in [1.29, 1.82) is 0 Å². The number of ketones is 2. The first-order valence-corrected chi connectivity index (χ1v) is 8.34. The van der Waals surface area contributed by atoms with Crippen LogP contribution in [0, 0.1) is 29.1 Å². The molecule has 3 saturated carbocycles. The van der Waals surface area contributed by atoms with Gasteiger partial charge >= 0.3 is 0 Å². The fourth-order valence-corrected chi connectivity index (χ4v) is 5.90. The van der Waals surface area contributed by atoms with E-state index >= 15 is 0 Å². The Morgan fingerprint density at radius 2 is 2.00 bits per heavy atom. The van der Waals surface area contributed by atoms with Crippen molar-refractivity contribution in [1.82, 2.24) is 0 Å². The minimum absolute atomic E-state index is 0.108. The summed E-state index contributed by atoms with van der Waals surface area (Å²) in [5.41, 5.74) is 1.56. The van der Waals surface area contributed by atoms with Gasteiger partial charge in [0, 0.05) is 24.7 Å². The second-order valence-electron chi connectivity index (χ2n) is 7.79. The van der Waals surface area contributed by atoms with Crippen LogP contribution in [0.25, 0.3) is 0 Å². The Balaban J connectivity index is 1.73. The second-order valence-corrected chi connectivity index (χ2v) is 7.79. The molecule has 0 heterocycles. The quantitative estimate of drug-likeness (QED) is 0.630. The Hall–Kier alpha value is -0.920. The Bertz CT molecular complexity index is 504. The molecule has 108 valence electrons. The van der Waals surface area contributed by atoms with Crippen LogP contribution in [-0.2, 0) is 9.59 Å². The molecule has 0 spiro atoms. The van der Waals surface area contributed by atoms with Gasteiger partial charge in [0.25, 0.3) is 0 Å². The first kappa shape index (κ1) is 12.8. The zero-order valence-corrected chi connectivity index (χ0v) is 12.4. The van der Waals surface area contributed by atoms with Gasteiger partial charge in [-0.2, -0.15) is 0 Å². The molecule has 0 saturated heterocycles. The van der Waals surface area contributed by atoms with Crippen molar-refractivity contribution in [2.24, 2.45) is 29.1 Å². The molecule has 0 bridgehead atoms. The molecule has 2 heteroatoms. The summed E-state index contributed by atoms with van der Waals surface area (Å²) in [5.74, 6) is 2.07. The average molecular weight is 272 g/mol. The molecule has 4 aliphatic rings. The molecule has 4 aliphatic carbocycles. The first-order valence-electron chi connectivity index (χ1n) is 8.34. The van der Waals surface area contributed by atoms with Gasteiger partial charge in [-0.05, 0) is 49.4 Å². The maximum Gasteiger partial charge on any atom is 0.140 e. The summed E-state index contributed by atoms with van der Waals surface area (Å²) in [6.45, 7) is 2.39. The normalized spacial score (nSPS) is 47.4. The van der Waals surface area contributed by atoms with Gasteiger partial charge in [0.15, 0.2) is 0 Å². The van der Waals surface area contributed by atoms with Crippen LogP contribution in [-0.4, -0.2) is 11.6 Å². The van der Waals surface area contributed by atoms with Crippen molar-refractivity contribution in [3.05, 3.63) is 11.6 Å². The number of fused-ring (bicyclic) bond motifs is 5. The molecule has 0 amide bonds. The summed E-state index contributed by atoms with van der Waals surface area (Å²) in [5, 5.41) is 0. The standard InChI is InChI=1S/C18H24O2/c1-18-8-3-5-13(18)17-12(7-9-18)16-11(10-15(17)20)4-2-6-14(16)19/h4,12-13,16-17H,2-3,5-10H2,1H3/t12-,13+,16+,17-,18+/m1/s1. The topological polar surface area (TPSA) is 34.1 Å². The molecule has 2 nitrogen and oxygen atoms in total. The zero-order valence-electron chi connectivity index (χ0n) is 12.4. The molecule has 20 heavy (non-hydrogen) atoms. The predicted molar refractivity (Wildman–Crippen MR) is 77.1 cm³/mol. The molecule has 5 atom stereocenters. The number of Topliss-reactive ketones (excluding diaryl/α,β-unsaturated/α-hetero) is 2. The van der Waals surface area contributed by atoms with E-state index in [1.165, 1.54) is 31.3 Å². The van der Waals surface area contributed by atoms with Crippen molar-refractivity contribution < 1.29 is 9.59 Å². The molecule has 3 fully saturated rings. The molecular formula is C18H24O2. The lowest BCUT2D eigenvalue weighted by Gasteiger charge is -2.51. The number of hydrogen-bond acceptors (Lipinski definition) is 2. The molecule has 4 rings (SSSR count). The Morgan fingerprint density at radius 1 is 1.15 bits per heavy atom. The van der Waals surface area contributed by atoms with E-state index in [1.807, 2.05) is 0 Å². The maximum absolute atomic E-state index is 12.7. The van der Waals surface area contributed by atoms with E-state index in [1.54, 1.807) is 0 Å². The van der Waals surface area contributed by atoms with Gasteiger partial charge in [-0.3, -0.25) is 9.59 Å². The third-order valence-electron chi connectivity index (χ3n) is 6.82. The van der Waals surface area contributed by atoms with Gasteiger partial charge < -0.3 is 0 Å². The molecule has 0 aromatic rings. The highest BCUT2D eigenvalue weighted by Gasteiger charge is 2.56. The largest absolute Gasteiger partial charge is 0.299 e. The van der Waals surface area contributed by atoms with E-state index in [4.69, 9.17) is 0 Å². The van der Waals surface area contributed by atoms with Crippen LogP contribution in [0.5, 0.6) is 0 Å². The summed E-state index contributed by atoms with van der Waals surface area (Å²) in [7, 11) is 0. The fourth-order valence-electron chi connectivity index (χ4n) is 5.90. The fraction of sp³-hybridized carbons (Fsp3) is 0.778. The summed E-state index contributed by atoms with van der Waals surface area (Å²) in [6.07, 6.45) is 10.4. The van der Waals surface area contributed by atoms with Crippen LogP contribution >= 0.6 is 0 Å². The van der Waals surface area contributed by atoms with Crippen LogP contribution in [0.4, 0.5) is 0 Å². The number of allylic oxidation sites excluding steroid dienone is 2. The molecule has 0 aromatic carbocycles. The highest BCUT2D eigenvalue weighted by molar-refractivity contribution is 5.93. The summed E-state index contributed by atoms with van der Waals surface area (Å²) in [6, 6.07) is 0. The average Bonchev–Trinajstić information content (AvgIpc) is 2.80. The third-order valence-corrected chi connectivity index (χ3v) is 6.82. The highest BCUT2D eigenvalue weighted by Crippen LogP contribution is 2.60. The SMILES string of the molecule is C[C@@]12CCC[C@H]1[C@@H]1C(=O)CC3=CCCC(=O)[C@@H]3[C@H]1CC2. The number of hydrogen-bond donors (Lipinski definition) is 0. The van der Waals surface area contributed by atoms with Gasteiger partial charge in [0.2, 0.25) is 0 Å². The van der Waals surface area contributed by atoms with Crippen molar-refractivity contribution in [3.8, 4) is 0 Å². The predicted octanol–water partition coefficient (Wildman–Crippen LogP) is 3.70. The zero-order chi connectivity index (χ0) is 13.9. The third kappa shape index (κ3) is 1.63. The molecule has 0 aliphatic heterocycles. The monoisotopic (exact) mass is 272 g/mol. The molecule has 0 aromatic heterocycles. The van der Waals surface area contributed by atoms with E-state index in [0.29, 0.717) is 41.7 Å². The highest BCUT2D eigenvalue weighted by atomic mass is 16.1. The van der Waals surface area contributed by atoms with Crippen LogP contribution in [0.3, 0.4) is 0 Å². The Labute approximate surface area is 121 Å². The first-order chi connectivity index (χ1) is 9.60. The van der Waals surface area contributed by atoms with Crippen molar-refractivity contribution >= 4 is 11.6 Å². The van der Waals surface area contributed by atoms with Crippen LogP contribution in [0.1, 0.15) is 58.3 Å². The molecule has 0 unspecified atom stereocenters. The van der Waals surface area contributed by atoms with Gasteiger partial charge in [-0.25, -0.2) is 0 Å². The van der Waals surface area contributed by atoms with E-state index in [2.05, 4.69) is 13.0 Å². The number of carbonyl (C=O) groups excluding carboxylic acids is 2. The molecule has 0 radical (unpaired) electrons. The lowest BCUT2D eigenvalue weighted by atomic mass is 9.52. The Morgan fingerprint density at radius 3 is 2.85 bits per heavy atom.